The first-order valence-electron chi connectivity index (χ1n) is 6.72. The van der Waals surface area contributed by atoms with E-state index < -0.39 is 5.97 Å². The summed E-state index contributed by atoms with van der Waals surface area (Å²) < 4.78 is 1.86. The SMILES string of the molecule is Cc1ccc(NC(=O)c2cccn2C(C)C)cc1C(=O)O. The highest BCUT2D eigenvalue weighted by Crippen LogP contribution is 2.17. The minimum Gasteiger partial charge on any atom is -0.478 e. The Bertz CT molecular complexity index is 687. The molecule has 2 N–H and O–H groups in total. The van der Waals surface area contributed by atoms with Crippen LogP contribution >= 0.6 is 0 Å². The molecule has 21 heavy (non-hydrogen) atoms. The van der Waals surface area contributed by atoms with E-state index in [9.17, 15) is 9.59 Å². The maximum atomic E-state index is 12.3. The number of carbonyl (C=O) groups is 2. The van der Waals surface area contributed by atoms with Crippen molar-refractivity contribution in [1.82, 2.24) is 4.57 Å². The van der Waals surface area contributed by atoms with Crippen LogP contribution in [0.5, 0.6) is 0 Å². The third-order valence-electron chi connectivity index (χ3n) is 3.29. The lowest BCUT2D eigenvalue weighted by molar-refractivity contribution is 0.0695. The number of rotatable bonds is 4. The molecule has 0 aliphatic rings. The summed E-state index contributed by atoms with van der Waals surface area (Å²) in [5.74, 6) is -1.26. The second kappa shape index (κ2) is 5.83. The number of aryl methyl sites for hydroxylation is 1. The van der Waals surface area contributed by atoms with Gasteiger partial charge < -0.3 is 15.0 Å². The Morgan fingerprint density at radius 3 is 2.57 bits per heavy atom. The highest BCUT2D eigenvalue weighted by Gasteiger charge is 2.14. The van der Waals surface area contributed by atoms with Crippen LogP contribution in [0.3, 0.4) is 0 Å². The van der Waals surface area contributed by atoms with Crippen LogP contribution in [0.25, 0.3) is 0 Å². The van der Waals surface area contributed by atoms with Gasteiger partial charge in [-0.15, -0.1) is 0 Å². The van der Waals surface area contributed by atoms with Gasteiger partial charge in [-0.05, 0) is 50.6 Å². The van der Waals surface area contributed by atoms with E-state index in [4.69, 9.17) is 5.11 Å². The van der Waals surface area contributed by atoms with Crippen molar-refractivity contribution in [3.05, 3.63) is 53.3 Å². The largest absolute Gasteiger partial charge is 0.478 e. The number of hydrogen-bond acceptors (Lipinski definition) is 2. The molecule has 2 rings (SSSR count). The van der Waals surface area contributed by atoms with Crippen molar-refractivity contribution >= 4 is 17.6 Å². The third kappa shape index (κ3) is 3.13. The molecule has 0 fully saturated rings. The number of carbonyl (C=O) groups excluding carboxylic acids is 1. The minimum atomic E-state index is -1.01. The first kappa shape index (κ1) is 14.8. The van der Waals surface area contributed by atoms with Gasteiger partial charge in [0.15, 0.2) is 0 Å². The fraction of sp³-hybridized carbons (Fsp3) is 0.250. The molecule has 1 aromatic carbocycles. The molecular formula is C16H18N2O3. The Morgan fingerprint density at radius 2 is 1.95 bits per heavy atom. The van der Waals surface area contributed by atoms with Gasteiger partial charge in [0, 0.05) is 17.9 Å². The number of nitrogens with zero attached hydrogens (tertiary/aromatic N) is 1. The van der Waals surface area contributed by atoms with Crippen LogP contribution in [-0.4, -0.2) is 21.6 Å². The molecule has 0 atom stereocenters. The Balaban J connectivity index is 2.26. The molecule has 1 amide bonds. The van der Waals surface area contributed by atoms with E-state index in [1.165, 1.54) is 6.07 Å². The molecule has 2 aromatic rings. The van der Waals surface area contributed by atoms with Crippen molar-refractivity contribution < 1.29 is 14.7 Å². The lowest BCUT2D eigenvalue weighted by atomic mass is 10.1. The lowest BCUT2D eigenvalue weighted by Gasteiger charge is -2.13. The second-order valence-electron chi connectivity index (χ2n) is 5.18. The summed E-state index contributed by atoms with van der Waals surface area (Å²) >= 11 is 0. The van der Waals surface area contributed by atoms with E-state index in [1.807, 2.05) is 30.7 Å². The minimum absolute atomic E-state index is 0.174. The second-order valence-corrected chi connectivity index (χ2v) is 5.18. The average Bonchev–Trinajstić information content (AvgIpc) is 2.90. The van der Waals surface area contributed by atoms with Crippen LogP contribution in [0.4, 0.5) is 5.69 Å². The molecule has 0 radical (unpaired) electrons. The van der Waals surface area contributed by atoms with E-state index >= 15 is 0 Å². The monoisotopic (exact) mass is 286 g/mol. The molecular weight excluding hydrogens is 268 g/mol. The number of amides is 1. The Morgan fingerprint density at radius 1 is 1.24 bits per heavy atom. The molecule has 0 saturated carbocycles. The van der Waals surface area contributed by atoms with E-state index in [0.717, 1.165) is 0 Å². The summed E-state index contributed by atoms with van der Waals surface area (Å²) in [4.78, 5) is 23.4. The highest BCUT2D eigenvalue weighted by molar-refractivity contribution is 6.04. The molecule has 0 unspecified atom stereocenters. The molecule has 0 saturated heterocycles. The maximum absolute atomic E-state index is 12.3. The van der Waals surface area contributed by atoms with Gasteiger partial charge in [-0.3, -0.25) is 4.79 Å². The molecule has 110 valence electrons. The number of nitrogens with one attached hydrogen (secondary N) is 1. The van der Waals surface area contributed by atoms with Gasteiger partial charge in [0.1, 0.15) is 5.69 Å². The summed E-state index contributed by atoms with van der Waals surface area (Å²) in [5, 5.41) is 11.8. The van der Waals surface area contributed by atoms with Crippen molar-refractivity contribution in [2.75, 3.05) is 5.32 Å². The zero-order valence-corrected chi connectivity index (χ0v) is 12.3. The molecule has 5 heteroatoms. The molecule has 1 aromatic heterocycles. The van der Waals surface area contributed by atoms with E-state index in [2.05, 4.69) is 5.32 Å². The van der Waals surface area contributed by atoms with E-state index in [-0.39, 0.29) is 17.5 Å². The zero-order valence-electron chi connectivity index (χ0n) is 12.3. The number of aromatic nitrogens is 1. The van der Waals surface area contributed by atoms with E-state index in [1.54, 1.807) is 25.1 Å². The molecule has 1 heterocycles. The molecule has 0 bridgehead atoms. The third-order valence-corrected chi connectivity index (χ3v) is 3.29. The van der Waals surface area contributed by atoms with Gasteiger partial charge in [-0.25, -0.2) is 4.79 Å². The van der Waals surface area contributed by atoms with Gasteiger partial charge in [-0.1, -0.05) is 6.07 Å². The quantitative estimate of drug-likeness (QED) is 0.905. The topological polar surface area (TPSA) is 71.3 Å². The molecule has 0 spiro atoms. The van der Waals surface area contributed by atoms with Crippen molar-refractivity contribution in [3.8, 4) is 0 Å². The number of benzene rings is 1. The number of hydrogen-bond donors (Lipinski definition) is 2. The van der Waals surface area contributed by atoms with Crippen molar-refractivity contribution in [3.63, 3.8) is 0 Å². The van der Waals surface area contributed by atoms with Crippen LogP contribution < -0.4 is 5.32 Å². The summed E-state index contributed by atoms with van der Waals surface area (Å²) in [6.45, 7) is 5.70. The predicted molar refractivity (Wildman–Crippen MR) is 80.9 cm³/mol. The standard InChI is InChI=1S/C16H18N2O3/c1-10(2)18-8-4-5-14(18)15(19)17-12-7-6-11(3)13(9-12)16(20)21/h4-10H,1-3H3,(H,17,19)(H,20,21). The summed E-state index contributed by atoms with van der Waals surface area (Å²) in [5.41, 5.74) is 1.86. The van der Waals surface area contributed by atoms with Crippen LogP contribution in [-0.2, 0) is 0 Å². The van der Waals surface area contributed by atoms with Crippen molar-refractivity contribution in [2.45, 2.75) is 26.8 Å². The first-order valence-corrected chi connectivity index (χ1v) is 6.72. The molecule has 0 aliphatic heterocycles. The van der Waals surface area contributed by atoms with Gasteiger partial charge in [-0.2, -0.15) is 0 Å². The lowest BCUT2D eigenvalue weighted by Crippen LogP contribution is -2.18. The average molecular weight is 286 g/mol. The fourth-order valence-corrected chi connectivity index (χ4v) is 2.16. The van der Waals surface area contributed by atoms with Gasteiger partial charge in [0.25, 0.3) is 5.91 Å². The van der Waals surface area contributed by atoms with Crippen LogP contribution in [0.1, 0.15) is 46.3 Å². The number of carboxylic acids is 1. The Labute approximate surface area is 123 Å². The van der Waals surface area contributed by atoms with Crippen molar-refractivity contribution in [1.29, 1.82) is 0 Å². The predicted octanol–water partition coefficient (Wildman–Crippen LogP) is 3.33. The first-order chi connectivity index (χ1) is 9.90. The Hall–Kier alpha value is -2.56. The maximum Gasteiger partial charge on any atom is 0.336 e. The van der Waals surface area contributed by atoms with Crippen LogP contribution in [0.15, 0.2) is 36.5 Å². The van der Waals surface area contributed by atoms with Gasteiger partial charge in [0.2, 0.25) is 0 Å². The number of anilines is 1. The Kier molecular flexibility index (Phi) is 4.12. The smallest absolute Gasteiger partial charge is 0.336 e. The number of carboxylic acid groups (broad SMARTS) is 1. The van der Waals surface area contributed by atoms with Gasteiger partial charge in [0.05, 0.1) is 5.56 Å². The normalized spacial score (nSPS) is 10.7. The zero-order chi connectivity index (χ0) is 15.6. The fourth-order valence-electron chi connectivity index (χ4n) is 2.16. The molecule has 5 nitrogen and oxygen atoms in total. The summed E-state index contributed by atoms with van der Waals surface area (Å²) in [6.07, 6.45) is 1.84. The van der Waals surface area contributed by atoms with E-state index in [0.29, 0.717) is 16.9 Å². The summed E-state index contributed by atoms with van der Waals surface area (Å²) in [7, 11) is 0. The van der Waals surface area contributed by atoms with Crippen LogP contribution in [0.2, 0.25) is 0 Å². The molecule has 0 aliphatic carbocycles. The van der Waals surface area contributed by atoms with Crippen molar-refractivity contribution in [2.24, 2.45) is 0 Å². The number of aromatic carboxylic acids is 1. The summed E-state index contributed by atoms with van der Waals surface area (Å²) in [6, 6.07) is 8.57. The van der Waals surface area contributed by atoms with Crippen LogP contribution in [0, 0.1) is 6.92 Å². The highest BCUT2D eigenvalue weighted by atomic mass is 16.4. The van der Waals surface area contributed by atoms with Gasteiger partial charge >= 0.3 is 5.97 Å².